The molecule has 0 aliphatic carbocycles. The van der Waals surface area contributed by atoms with Crippen molar-refractivity contribution in [3.63, 3.8) is 0 Å². The molecule has 1 aromatic heterocycles. The molecule has 4 heteroatoms. The summed E-state index contributed by atoms with van der Waals surface area (Å²) in [6, 6.07) is 3.84. The highest BCUT2D eigenvalue weighted by atomic mass is 32.1. The van der Waals surface area contributed by atoms with Crippen LogP contribution in [0.3, 0.4) is 0 Å². The van der Waals surface area contributed by atoms with Crippen molar-refractivity contribution < 1.29 is 4.74 Å². The average molecular weight is 280 g/mol. The van der Waals surface area contributed by atoms with Gasteiger partial charge in [0.15, 0.2) is 0 Å². The summed E-state index contributed by atoms with van der Waals surface area (Å²) in [5.74, 6) is 0. The number of hydrogen-bond acceptors (Lipinski definition) is 3. The molecule has 0 amide bonds. The molecule has 19 heavy (non-hydrogen) atoms. The van der Waals surface area contributed by atoms with Crippen LogP contribution in [0, 0.1) is 0 Å². The van der Waals surface area contributed by atoms with Gasteiger partial charge in [-0.15, -0.1) is 0 Å². The second kappa shape index (κ2) is 8.99. The second-order valence-corrected chi connectivity index (χ2v) is 5.29. The maximum atomic E-state index is 5.84. The number of ether oxygens (including phenoxy) is 1. The first kappa shape index (κ1) is 16.1. The highest BCUT2D eigenvalue weighted by molar-refractivity contribution is 7.80. The van der Waals surface area contributed by atoms with Crippen molar-refractivity contribution in [2.45, 2.75) is 58.7 Å². The first-order chi connectivity index (χ1) is 9.15. The van der Waals surface area contributed by atoms with Gasteiger partial charge in [-0.25, -0.2) is 0 Å². The normalized spacial score (nSPS) is 12.3. The zero-order valence-electron chi connectivity index (χ0n) is 11.9. The van der Waals surface area contributed by atoms with Crippen LogP contribution in [0.4, 0.5) is 0 Å². The van der Waals surface area contributed by atoms with Gasteiger partial charge in [-0.2, -0.15) is 0 Å². The lowest BCUT2D eigenvalue weighted by molar-refractivity contribution is 0.0457. The van der Waals surface area contributed by atoms with E-state index < -0.39 is 0 Å². The van der Waals surface area contributed by atoms with E-state index in [1.54, 1.807) is 6.20 Å². The largest absolute Gasteiger partial charge is 0.388 e. The van der Waals surface area contributed by atoms with E-state index in [0.717, 1.165) is 12.0 Å². The smallest absolute Gasteiger partial charge is 0.123 e. The molecule has 0 aliphatic heterocycles. The van der Waals surface area contributed by atoms with Crippen LogP contribution < -0.4 is 5.73 Å². The highest BCUT2D eigenvalue weighted by Gasteiger charge is 2.08. The van der Waals surface area contributed by atoms with E-state index >= 15 is 0 Å². The molecule has 3 nitrogen and oxygen atoms in total. The molecular weight excluding hydrogens is 256 g/mol. The third-order valence-electron chi connectivity index (χ3n) is 3.11. The van der Waals surface area contributed by atoms with Gasteiger partial charge >= 0.3 is 0 Å². The Morgan fingerprint density at radius 1 is 1.42 bits per heavy atom. The lowest BCUT2D eigenvalue weighted by atomic mass is 10.1. The fourth-order valence-electron chi connectivity index (χ4n) is 1.95. The van der Waals surface area contributed by atoms with Crippen LogP contribution in [0.25, 0.3) is 0 Å². The number of pyridine rings is 1. The van der Waals surface area contributed by atoms with Crippen molar-refractivity contribution in [3.8, 4) is 0 Å². The molecule has 0 saturated heterocycles. The molecule has 1 unspecified atom stereocenters. The van der Waals surface area contributed by atoms with Crippen molar-refractivity contribution >= 4 is 17.2 Å². The second-order valence-electron chi connectivity index (χ2n) is 4.85. The van der Waals surface area contributed by atoms with E-state index in [9.17, 15) is 0 Å². The Kier molecular flexibility index (Phi) is 7.60. The van der Waals surface area contributed by atoms with Crippen LogP contribution in [0.15, 0.2) is 18.3 Å². The summed E-state index contributed by atoms with van der Waals surface area (Å²) < 4.78 is 5.84. The molecule has 106 valence electrons. The molecule has 0 saturated carbocycles. The van der Waals surface area contributed by atoms with Crippen LogP contribution in [0.5, 0.6) is 0 Å². The zero-order chi connectivity index (χ0) is 14.1. The quantitative estimate of drug-likeness (QED) is 0.555. The lowest BCUT2D eigenvalue weighted by Gasteiger charge is -2.14. The number of hydrogen-bond donors (Lipinski definition) is 1. The Hall–Kier alpha value is -1.00. The van der Waals surface area contributed by atoms with Gasteiger partial charge in [-0.1, -0.05) is 50.9 Å². The standard InChI is InChI=1S/C15H24N2OS/c1-3-4-5-6-8-12(2)18-11-13-9-7-10-17-14(13)15(16)19/h7,9-10,12H,3-6,8,11H2,1-2H3,(H2,16,19). The van der Waals surface area contributed by atoms with Gasteiger partial charge in [-0.3, -0.25) is 4.98 Å². The zero-order valence-corrected chi connectivity index (χ0v) is 12.7. The minimum Gasteiger partial charge on any atom is -0.388 e. The number of rotatable bonds is 9. The molecule has 1 heterocycles. The first-order valence-electron chi connectivity index (χ1n) is 7.00. The van der Waals surface area contributed by atoms with Crippen molar-refractivity contribution in [3.05, 3.63) is 29.6 Å². The van der Waals surface area contributed by atoms with Crippen molar-refractivity contribution in [2.75, 3.05) is 0 Å². The van der Waals surface area contributed by atoms with Gasteiger partial charge in [0.2, 0.25) is 0 Å². The average Bonchev–Trinajstić information content (AvgIpc) is 2.41. The van der Waals surface area contributed by atoms with E-state index in [1.165, 1.54) is 25.7 Å². The first-order valence-corrected chi connectivity index (χ1v) is 7.41. The van der Waals surface area contributed by atoms with E-state index in [2.05, 4.69) is 18.8 Å². The number of unbranched alkanes of at least 4 members (excludes halogenated alkanes) is 3. The molecule has 0 fully saturated rings. The summed E-state index contributed by atoms with van der Waals surface area (Å²) in [7, 11) is 0. The number of thiocarbonyl (C=S) groups is 1. The van der Waals surface area contributed by atoms with Crippen LogP contribution in [0.1, 0.15) is 57.2 Å². The molecule has 1 atom stereocenters. The molecule has 0 bridgehead atoms. The lowest BCUT2D eigenvalue weighted by Crippen LogP contribution is -2.16. The van der Waals surface area contributed by atoms with Crippen molar-refractivity contribution in [1.29, 1.82) is 0 Å². The van der Waals surface area contributed by atoms with E-state index in [0.29, 0.717) is 17.3 Å². The van der Waals surface area contributed by atoms with Gasteiger partial charge in [0.05, 0.1) is 12.7 Å². The van der Waals surface area contributed by atoms with Gasteiger partial charge in [-0.05, 0) is 19.4 Å². The number of aromatic nitrogens is 1. The van der Waals surface area contributed by atoms with Gasteiger partial charge in [0.25, 0.3) is 0 Å². The molecule has 0 aromatic carbocycles. The number of nitrogens with two attached hydrogens (primary N) is 1. The SMILES string of the molecule is CCCCCCC(C)OCc1cccnc1C(N)=S. The van der Waals surface area contributed by atoms with Crippen LogP contribution in [0.2, 0.25) is 0 Å². The third kappa shape index (κ3) is 6.12. The van der Waals surface area contributed by atoms with Crippen LogP contribution >= 0.6 is 12.2 Å². The summed E-state index contributed by atoms with van der Waals surface area (Å²) in [5.41, 5.74) is 7.29. The summed E-state index contributed by atoms with van der Waals surface area (Å²) >= 11 is 4.99. The summed E-state index contributed by atoms with van der Waals surface area (Å²) in [6.45, 7) is 4.86. The van der Waals surface area contributed by atoms with Crippen LogP contribution in [-0.4, -0.2) is 16.1 Å². The summed E-state index contributed by atoms with van der Waals surface area (Å²) in [6.07, 6.45) is 8.15. The summed E-state index contributed by atoms with van der Waals surface area (Å²) in [4.78, 5) is 4.52. The Balaban J connectivity index is 2.37. The van der Waals surface area contributed by atoms with Crippen molar-refractivity contribution in [2.24, 2.45) is 5.73 Å². The highest BCUT2D eigenvalue weighted by Crippen LogP contribution is 2.12. The molecule has 2 N–H and O–H groups in total. The van der Waals surface area contributed by atoms with Crippen molar-refractivity contribution in [1.82, 2.24) is 4.98 Å². The van der Waals surface area contributed by atoms with E-state index in [-0.39, 0.29) is 6.10 Å². The predicted octanol–water partition coefficient (Wildman–Crippen LogP) is 3.59. The molecule has 0 radical (unpaired) electrons. The Labute approximate surface area is 121 Å². The molecule has 0 spiro atoms. The van der Waals surface area contributed by atoms with Gasteiger partial charge in [0.1, 0.15) is 10.7 Å². The Morgan fingerprint density at radius 3 is 2.89 bits per heavy atom. The Bertz CT molecular complexity index is 395. The predicted molar refractivity (Wildman–Crippen MR) is 83.1 cm³/mol. The number of nitrogens with zero attached hydrogens (tertiary/aromatic N) is 1. The van der Waals surface area contributed by atoms with Gasteiger partial charge in [0, 0.05) is 11.8 Å². The third-order valence-corrected chi connectivity index (χ3v) is 3.31. The fraction of sp³-hybridized carbons (Fsp3) is 0.600. The molecule has 0 aliphatic rings. The Morgan fingerprint density at radius 2 is 2.21 bits per heavy atom. The monoisotopic (exact) mass is 280 g/mol. The van der Waals surface area contributed by atoms with E-state index in [4.69, 9.17) is 22.7 Å². The molecule has 1 aromatic rings. The summed E-state index contributed by atoms with van der Waals surface area (Å²) in [5, 5.41) is 0. The minimum atomic E-state index is 0.260. The topological polar surface area (TPSA) is 48.1 Å². The maximum Gasteiger partial charge on any atom is 0.123 e. The maximum absolute atomic E-state index is 5.84. The van der Waals surface area contributed by atoms with Crippen LogP contribution in [-0.2, 0) is 11.3 Å². The fourth-order valence-corrected chi connectivity index (χ4v) is 2.13. The molecule has 1 rings (SSSR count). The minimum absolute atomic E-state index is 0.260. The van der Waals surface area contributed by atoms with E-state index in [1.807, 2.05) is 12.1 Å². The molecular formula is C15H24N2OS. The van der Waals surface area contributed by atoms with Gasteiger partial charge < -0.3 is 10.5 Å².